The Balaban J connectivity index is 1.76. The number of nitrogens with one attached hydrogen (secondary N) is 2. The molecule has 6 nitrogen and oxygen atoms in total. The predicted octanol–water partition coefficient (Wildman–Crippen LogP) is 3.54. The molecule has 0 aliphatic carbocycles. The fourth-order valence-corrected chi connectivity index (χ4v) is 3.92. The molecule has 1 heterocycles. The third kappa shape index (κ3) is 4.55. The highest BCUT2D eigenvalue weighted by molar-refractivity contribution is 7.89. The Kier molecular flexibility index (Phi) is 5.86. The number of sulfonamides is 1. The summed E-state index contributed by atoms with van der Waals surface area (Å²) < 4.78 is 45.4. The van der Waals surface area contributed by atoms with Crippen molar-refractivity contribution in [3.05, 3.63) is 76.8 Å². The van der Waals surface area contributed by atoms with Gasteiger partial charge in [0, 0.05) is 11.1 Å². The van der Waals surface area contributed by atoms with Crippen molar-refractivity contribution in [3.63, 3.8) is 0 Å². The van der Waals surface area contributed by atoms with Crippen molar-refractivity contribution in [2.45, 2.75) is 25.3 Å². The second-order valence-corrected chi connectivity index (χ2v) is 8.43. The number of amides is 1. The minimum absolute atomic E-state index is 0.0711. The summed E-state index contributed by atoms with van der Waals surface area (Å²) in [4.78, 5) is 12.6. The van der Waals surface area contributed by atoms with E-state index in [1.165, 1.54) is 25.2 Å². The molecule has 8 heteroatoms. The molecular formula is C21H21FN2O4S. The summed E-state index contributed by atoms with van der Waals surface area (Å²) in [6, 6.07) is 12.4. The summed E-state index contributed by atoms with van der Waals surface area (Å²) in [5.74, 6) is 0.327. The van der Waals surface area contributed by atoms with Gasteiger partial charge >= 0.3 is 0 Å². The third-order valence-corrected chi connectivity index (χ3v) is 6.19. The summed E-state index contributed by atoms with van der Waals surface area (Å²) in [5.41, 5.74) is 2.25. The average molecular weight is 416 g/mol. The van der Waals surface area contributed by atoms with Gasteiger partial charge in [0.2, 0.25) is 10.0 Å². The third-order valence-electron chi connectivity index (χ3n) is 4.65. The molecule has 3 aromatic rings. The summed E-state index contributed by atoms with van der Waals surface area (Å²) in [6.07, 6.45) is 0. The molecule has 0 atom stereocenters. The molecule has 0 radical (unpaired) electrons. The first kappa shape index (κ1) is 20.8. The molecule has 0 bridgehead atoms. The molecule has 0 fully saturated rings. The molecule has 0 aliphatic heterocycles. The van der Waals surface area contributed by atoms with Crippen LogP contribution >= 0.6 is 0 Å². The van der Waals surface area contributed by atoms with E-state index in [9.17, 15) is 17.6 Å². The lowest BCUT2D eigenvalue weighted by Crippen LogP contribution is -2.25. The van der Waals surface area contributed by atoms with Gasteiger partial charge in [0.05, 0.1) is 11.4 Å². The van der Waals surface area contributed by atoms with Gasteiger partial charge in [-0.3, -0.25) is 4.79 Å². The second-order valence-electron chi connectivity index (χ2n) is 6.58. The summed E-state index contributed by atoms with van der Waals surface area (Å²) in [5, 5.41) is 2.72. The summed E-state index contributed by atoms with van der Waals surface area (Å²) in [6.45, 7) is 3.57. The Morgan fingerprint density at radius 2 is 1.76 bits per heavy atom. The van der Waals surface area contributed by atoms with Crippen LogP contribution in [0.5, 0.6) is 0 Å². The maximum atomic E-state index is 13.0. The van der Waals surface area contributed by atoms with Crippen LogP contribution in [0.15, 0.2) is 57.8 Å². The van der Waals surface area contributed by atoms with Gasteiger partial charge < -0.3 is 9.73 Å². The molecular weight excluding hydrogens is 395 g/mol. The van der Waals surface area contributed by atoms with E-state index in [2.05, 4.69) is 10.0 Å². The van der Waals surface area contributed by atoms with Crippen LogP contribution in [0, 0.1) is 19.7 Å². The highest BCUT2D eigenvalue weighted by Gasteiger charge is 2.19. The van der Waals surface area contributed by atoms with Gasteiger partial charge in [0.15, 0.2) is 0 Å². The zero-order valence-electron chi connectivity index (χ0n) is 16.2. The molecule has 2 aromatic carbocycles. The number of rotatable bonds is 6. The first-order valence-electron chi connectivity index (χ1n) is 8.89. The number of benzene rings is 2. The number of carbonyl (C=O) groups is 1. The lowest BCUT2D eigenvalue weighted by molar-refractivity contribution is 0.0948. The van der Waals surface area contributed by atoms with Crippen LogP contribution in [-0.4, -0.2) is 21.4 Å². The lowest BCUT2D eigenvalue weighted by Gasteiger charge is -2.12. The van der Waals surface area contributed by atoms with E-state index in [4.69, 9.17) is 4.42 Å². The van der Waals surface area contributed by atoms with Crippen LogP contribution in [0.2, 0.25) is 0 Å². The average Bonchev–Trinajstić information content (AvgIpc) is 3.17. The lowest BCUT2D eigenvalue weighted by atomic mass is 10.1. The van der Waals surface area contributed by atoms with E-state index >= 15 is 0 Å². The van der Waals surface area contributed by atoms with Crippen molar-refractivity contribution >= 4 is 15.9 Å². The van der Waals surface area contributed by atoms with Crippen molar-refractivity contribution in [3.8, 4) is 11.3 Å². The van der Waals surface area contributed by atoms with E-state index in [1.54, 1.807) is 44.2 Å². The van der Waals surface area contributed by atoms with Crippen LogP contribution in [0.25, 0.3) is 11.3 Å². The Morgan fingerprint density at radius 1 is 1.07 bits per heavy atom. The molecule has 29 heavy (non-hydrogen) atoms. The van der Waals surface area contributed by atoms with Crippen LogP contribution in [-0.2, 0) is 16.6 Å². The summed E-state index contributed by atoms with van der Waals surface area (Å²) >= 11 is 0. The number of furan rings is 1. The quantitative estimate of drug-likeness (QED) is 0.643. The van der Waals surface area contributed by atoms with Gasteiger partial charge in [-0.05, 0) is 80.6 Å². The fraction of sp³-hybridized carbons (Fsp3) is 0.190. The van der Waals surface area contributed by atoms with E-state index in [0.29, 0.717) is 22.6 Å². The Hall–Kier alpha value is -2.97. The minimum Gasteiger partial charge on any atom is -0.459 e. The van der Waals surface area contributed by atoms with Gasteiger partial charge in [-0.25, -0.2) is 17.5 Å². The van der Waals surface area contributed by atoms with Crippen molar-refractivity contribution in [1.29, 1.82) is 0 Å². The van der Waals surface area contributed by atoms with Gasteiger partial charge in [0.1, 0.15) is 17.3 Å². The highest BCUT2D eigenvalue weighted by atomic mass is 32.2. The Bertz CT molecular complexity index is 1150. The smallest absolute Gasteiger partial charge is 0.251 e. The van der Waals surface area contributed by atoms with Crippen molar-refractivity contribution in [1.82, 2.24) is 10.0 Å². The van der Waals surface area contributed by atoms with E-state index in [1.807, 2.05) is 0 Å². The molecule has 2 N–H and O–H groups in total. The molecule has 152 valence electrons. The maximum Gasteiger partial charge on any atom is 0.251 e. The van der Waals surface area contributed by atoms with Gasteiger partial charge in [-0.2, -0.15) is 0 Å². The van der Waals surface area contributed by atoms with Crippen LogP contribution in [0.1, 0.15) is 27.2 Å². The zero-order valence-corrected chi connectivity index (χ0v) is 17.1. The van der Waals surface area contributed by atoms with Crippen LogP contribution in [0.4, 0.5) is 4.39 Å². The van der Waals surface area contributed by atoms with Crippen molar-refractivity contribution < 1.29 is 22.0 Å². The normalized spacial score (nSPS) is 11.4. The molecule has 0 unspecified atom stereocenters. The topological polar surface area (TPSA) is 88.4 Å². The number of carbonyl (C=O) groups excluding carboxylic acids is 1. The molecule has 0 saturated heterocycles. The van der Waals surface area contributed by atoms with Crippen molar-refractivity contribution in [2.75, 3.05) is 7.05 Å². The number of hydrogen-bond donors (Lipinski definition) is 2. The second kappa shape index (κ2) is 8.18. The molecule has 3 rings (SSSR count). The molecule has 1 aromatic heterocycles. The first-order chi connectivity index (χ1) is 13.7. The monoisotopic (exact) mass is 416 g/mol. The first-order valence-corrected chi connectivity index (χ1v) is 10.4. The van der Waals surface area contributed by atoms with Crippen molar-refractivity contribution in [2.24, 2.45) is 0 Å². The zero-order chi connectivity index (χ0) is 21.2. The van der Waals surface area contributed by atoms with Gasteiger partial charge in [-0.1, -0.05) is 0 Å². The van der Waals surface area contributed by atoms with E-state index in [-0.39, 0.29) is 22.8 Å². The maximum absolute atomic E-state index is 13.0. The standard InChI is InChI=1S/C21H21FN2O4S/c1-13-10-16(11-20(14(13)2)29(26,27)23-3)21(25)24-12-18-8-9-19(28-18)15-4-6-17(22)7-5-15/h4-11,23H,12H2,1-3H3,(H,24,25). The van der Waals surface area contributed by atoms with Crippen LogP contribution in [0.3, 0.4) is 0 Å². The number of halogens is 1. The van der Waals surface area contributed by atoms with Gasteiger partial charge in [0.25, 0.3) is 5.91 Å². The SMILES string of the molecule is CNS(=O)(=O)c1cc(C(=O)NCc2ccc(-c3ccc(F)cc3)o2)cc(C)c1C. The van der Waals surface area contributed by atoms with Crippen LogP contribution < -0.4 is 10.0 Å². The highest BCUT2D eigenvalue weighted by Crippen LogP contribution is 2.23. The fourth-order valence-electron chi connectivity index (χ4n) is 2.86. The van der Waals surface area contributed by atoms with E-state index in [0.717, 1.165) is 5.56 Å². The molecule has 1 amide bonds. The molecule has 0 spiro atoms. The van der Waals surface area contributed by atoms with Gasteiger partial charge in [-0.15, -0.1) is 0 Å². The molecule has 0 saturated carbocycles. The van der Waals surface area contributed by atoms with E-state index < -0.39 is 15.9 Å². The predicted molar refractivity (Wildman–Crippen MR) is 107 cm³/mol. The largest absolute Gasteiger partial charge is 0.459 e. The Morgan fingerprint density at radius 3 is 2.41 bits per heavy atom. The number of hydrogen-bond acceptors (Lipinski definition) is 4. The minimum atomic E-state index is -3.68. The number of aryl methyl sites for hydroxylation is 1. The summed E-state index contributed by atoms with van der Waals surface area (Å²) in [7, 11) is -2.35. The Labute approximate surface area is 168 Å². The molecule has 0 aliphatic rings.